The molecule has 102 valence electrons. The molecule has 0 bridgehead atoms. The number of hydrogen-bond acceptors (Lipinski definition) is 4. The maximum Gasteiger partial charge on any atom is 0.137 e. The van der Waals surface area contributed by atoms with Gasteiger partial charge in [-0.05, 0) is 45.2 Å². The third kappa shape index (κ3) is 3.76. The van der Waals surface area contributed by atoms with Crippen LogP contribution in [-0.4, -0.2) is 9.97 Å². The van der Waals surface area contributed by atoms with E-state index in [1.54, 1.807) is 11.3 Å². The van der Waals surface area contributed by atoms with Gasteiger partial charge in [-0.1, -0.05) is 20.8 Å². The van der Waals surface area contributed by atoms with Crippen LogP contribution in [0.25, 0.3) is 0 Å². The molecule has 2 rings (SSSR count). The van der Waals surface area contributed by atoms with Crippen LogP contribution in [0, 0.1) is 0 Å². The highest BCUT2D eigenvalue weighted by Gasteiger charge is 2.19. The maximum atomic E-state index is 4.61. The lowest BCUT2D eigenvalue weighted by molar-refractivity contribution is 0.544. The molecule has 0 fully saturated rings. The Hall–Kier alpha value is -0.940. The zero-order chi connectivity index (χ0) is 14.0. The predicted molar refractivity (Wildman–Crippen MR) is 84.8 cm³/mol. The lowest BCUT2D eigenvalue weighted by Crippen LogP contribution is -2.18. The van der Waals surface area contributed by atoms with E-state index in [4.69, 9.17) is 0 Å². The van der Waals surface area contributed by atoms with E-state index in [0.29, 0.717) is 0 Å². The van der Waals surface area contributed by atoms with Crippen molar-refractivity contribution in [1.29, 1.82) is 0 Å². The number of nitrogens with zero attached hydrogens (tertiary/aromatic N) is 2. The number of hydrogen-bond donors (Lipinski definition) is 1. The first-order chi connectivity index (χ1) is 8.86. The molecule has 3 nitrogen and oxygen atoms in total. The van der Waals surface area contributed by atoms with Gasteiger partial charge in [-0.25, -0.2) is 9.97 Å². The summed E-state index contributed by atoms with van der Waals surface area (Å²) in [6.45, 7) is 8.47. The Morgan fingerprint density at radius 3 is 2.63 bits per heavy atom. The van der Waals surface area contributed by atoms with Crippen molar-refractivity contribution in [2.45, 2.75) is 39.2 Å². The van der Waals surface area contributed by atoms with Crippen LogP contribution in [0.4, 0.5) is 5.82 Å². The number of rotatable bonds is 3. The molecule has 0 amide bonds. The van der Waals surface area contributed by atoms with Crippen LogP contribution in [0.2, 0.25) is 0 Å². The molecule has 2 aromatic rings. The molecule has 0 radical (unpaired) electrons. The van der Waals surface area contributed by atoms with Gasteiger partial charge >= 0.3 is 0 Å². The van der Waals surface area contributed by atoms with Crippen molar-refractivity contribution in [2.24, 2.45) is 0 Å². The highest BCUT2D eigenvalue weighted by atomic mass is 79.9. The van der Waals surface area contributed by atoms with E-state index in [1.807, 2.05) is 6.07 Å². The molecule has 0 aliphatic heterocycles. The first-order valence-corrected chi connectivity index (χ1v) is 7.93. The number of nitrogens with one attached hydrogen (secondary N) is 1. The Kier molecular flexibility index (Phi) is 4.26. The van der Waals surface area contributed by atoms with Gasteiger partial charge in [-0.3, -0.25) is 0 Å². The van der Waals surface area contributed by atoms with Gasteiger partial charge in [0.1, 0.15) is 16.2 Å². The largest absolute Gasteiger partial charge is 0.363 e. The molecule has 1 unspecified atom stereocenters. The molecule has 2 heterocycles. The number of halogens is 1. The topological polar surface area (TPSA) is 37.8 Å². The van der Waals surface area contributed by atoms with E-state index in [2.05, 4.69) is 75.7 Å². The highest BCUT2D eigenvalue weighted by molar-refractivity contribution is 9.10. The zero-order valence-electron chi connectivity index (χ0n) is 11.6. The minimum absolute atomic E-state index is 0.0637. The summed E-state index contributed by atoms with van der Waals surface area (Å²) in [5, 5.41) is 7.66. The Balaban J connectivity index is 2.23. The quantitative estimate of drug-likeness (QED) is 0.818. The monoisotopic (exact) mass is 339 g/mol. The second-order valence-corrected chi connectivity index (χ2v) is 7.16. The summed E-state index contributed by atoms with van der Waals surface area (Å²) in [4.78, 5) is 9.05. The van der Waals surface area contributed by atoms with Crippen LogP contribution in [0.5, 0.6) is 0 Å². The molecule has 0 saturated heterocycles. The number of anilines is 1. The third-order valence-corrected chi connectivity index (χ3v) is 3.88. The number of aromatic nitrogens is 2. The second-order valence-electron chi connectivity index (χ2n) is 5.57. The minimum atomic E-state index is -0.0637. The van der Waals surface area contributed by atoms with E-state index in [9.17, 15) is 0 Å². The van der Waals surface area contributed by atoms with Crippen molar-refractivity contribution in [2.75, 3.05) is 5.32 Å². The Morgan fingerprint density at radius 1 is 1.32 bits per heavy atom. The van der Waals surface area contributed by atoms with E-state index < -0.39 is 0 Å². The van der Waals surface area contributed by atoms with Gasteiger partial charge < -0.3 is 5.32 Å². The van der Waals surface area contributed by atoms with Gasteiger partial charge in [0.05, 0.1) is 6.04 Å². The molecule has 0 aliphatic rings. The van der Waals surface area contributed by atoms with Crippen molar-refractivity contribution in [1.82, 2.24) is 9.97 Å². The molecule has 1 N–H and O–H groups in total. The fourth-order valence-electron chi connectivity index (χ4n) is 1.65. The third-order valence-electron chi connectivity index (χ3n) is 2.77. The van der Waals surface area contributed by atoms with Crippen LogP contribution >= 0.6 is 27.3 Å². The highest BCUT2D eigenvalue weighted by Crippen LogP contribution is 2.25. The Labute approximate surface area is 126 Å². The first-order valence-electron chi connectivity index (χ1n) is 6.20. The van der Waals surface area contributed by atoms with Gasteiger partial charge in [0.2, 0.25) is 0 Å². The van der Waals surface area contributed by atoms with Crippen LogP contribution in [0.3, 0.4) is 0 Å². The smallest absolute Gasteiger partial charge is 0.137 e. The average molecular weight is 340 g/mol. The summed E-state index contributed by atoms with van der Waals surface area (Å²) in [7, 11) is 0. The summed E-state index contributed by atoms with van der Waals surface area (Å²) >= 11 is 5.16. The SMILES string of the molecule is CC(Nc1cc(Br)nc(C(C)(C)C)n1)c1ccsc1. The van der Waals surface area contributed by atoms with Crippen LogP contribution in [-0.2, 0) is 5.41 Å². The fraction of sp³-hybridized carbons (Fsp3) is 0.429. The van der Waals surface area contributed by atoms with E-state index >= 15 is 0 Å². The van der Waals surface area contributed by atoms with Crippen molar-refractivity contribution in [3.8, 4) is 0 Å². The Morgan fingerprint density at radius 2 is 2.05 bits per heavy atom. The molecule has 19 heavy (non-hydrogen) atoms. The van der Waals surface area contributed by atoms with Crippen LogP contribution < -0.4 is 5.32 Å². The van der Waals surface area contributed by atoms with E-state index in [0.717, 1.165) is 16.2 Å². The molecule has 0 aromatic carbocycles. The summed E-state index contributed by atoms with van der Waals surface area (Å²) < 4.78 is 0.812. The summed E-state index contributed by atoms with van der Waals surface area (Å²) in [6, 6.07) is 4.28. The molecule has 0 saturated carbocycles. The van der Waals surface area contributed by atoms with Gasteiger partial charge in [0, 0.05) is 11.5 Å². The Bertz CT molecular complexity index is 546. The first kappa shape index (κ1) is 14.5. The van der Waals surface area contributed by atoms with Crippen molar-refractivity contribution in [3.05, 3.63) is 38.9 Å². The van der Waals surface area contributed by atoms with E-state index in [-0.39, 0.29) is 11.5 Å². The van der Waals surface area contributed by atoms with Crippen molar-refractivity contribution >= 4 is 33.1 Å². The summed E-state index contributed by atoms with van der Waals surface area (Å²) in [5.74, 6) is 1.69. The predicted octanol–water partition coefficient (Wildman–Crippen LogP) is 4.77. The van der Waals surface area contributed by atoms with Gasteiger partial charge in [0.15, 0.2) is 0 Å². The fourth-order valence-corrected chi connectivity index (χ4v) is 2.79. The number of thiophene rings is 1. The summed E-state index contributed by atoms with van der Waals surface area (Å²) in [5.41, 5.74) is 1.21. The van der Waals surface area contributed by atoms with Crippen molar-refractivity contribution < 1.29 is 0 Å². The van der Waals surface area contributed by atoms with E-state index in [1.165, 1.54) is 5.56 Å². The molecule has 1 atom stereocenters. The lowest BCUT2D eigenvalue weighted by atomic mass is 9.96. The average Bonchev–Trinajstić information content (AvgIpc) is 2.80. The maximum absolute atomic E-state index is 4.61. The second kappa shape index (κ2) is 5.59. The summed E-state index contributed by atoms with van der Waals surface area (Å²) in [6.07, 6.45) is 0. The van der Waals surface area contributed by atoms with Gasteiger partial charge in [0.25, 0.3) is 0 Å². The molecule has 5 heteroatoms. The van der Waals surface area contributed by atoms with Crippen LogP contribution in [0.1, 0.15) is 45.1 Å². The van der Waals surface area contributed by atoms with Gasteiger partial charge in [-0.2, -0.15) is 11.3 Å². The van der Waals surface area contributed by atoms with Crippen molar-refractivity contribution in [3.63, 3.8) is 0 Å². The molecule has 0 aliphatic carbocycles. The molecular weight excluding hydrogens is 322 g/mol. The molecular formula is C14H18BrN3S. The lowest BCUT2D eigenvalue weighted by Gasteiger charge is -2.19. The minimum Gasteiger partial charge on any atom is -0.363 e. The zero-order valence-corrected chi connectivity index (χ0v) is 14.0. The molecule has 2 aromatic heterocycles. The normalized spacial score (nSPS) is 13.3. The standard InChI is InChI=1S/C14H18BrN3S/c1-9(10-5-6-19-8-10)16-12-7-11(15)17-13(18-12)14(2,3)4/h5-9H,1-4H3,(H,16,17,18). The molecule has 0 spiro atoms. The van der Waals surface area contributed by atoms with Gasteiger partial charge in [-0.15, -0.1) is 0 Å². The van der Waals surface area contributed by atoms with Crippen LogP contribution in [0.15, 0.2) is 27.5 Å².